The van der Waals surface area contributed by atoms with Gasteiger partial charge in [-0.1, -0.05) is 31.2 Å². The standard InChI is InChI=1S/C16H26N2/c1-5-18(12(2)3)15-11-10-13-8-6-7-9-14(13)16(15)17-4/h6-9,12,15-17H,5,10-11H2,1-4H3. The Hall–Kier alpha value is -0.860. The van der Waals surface area contributed by atoms with Crippen LogP contribution < -0.4 is 5.32 Å². The summed E-state index contributed by atoms with van der Waals surface area (Å²) in [4.78, 5) is 2.62. The Balaban J connectivity index is 2.30. The monoisotopic (exact) mass is 246 g/mol. The van der Waals surface area contributed by atoms with Gasteiger partial charge in [-0.2, -0.15) is 0 Å². The van der Waals surface area contributed by atoms with E-state index in [1.807, 2.05) is 0 Å². The van der Waals surface area contributed by atoms with Crippen LogP contribution in [0.15, 0.2) is 24.3 Å². The van der Waals surface area contributed by atoms with Crippen LogP contribution in [0, 0.1) is 0 Å². The SMILES string of the molecule is CCN(C(C)C)C1CCc2ccccc2C1NC. The Morgan fingerprint density at radius 3 is 2.67 bits per heavy atom. The van der Waals surface area contributed by atoms with Gasteiger partial charge in [0, 0.05) is 18.1 Å². The van der Waals surface area contributed by atoms with Crippen molar-refractivity contribution in [1.29, 1.82) is 0 Å². The maximum absolute atomic E-state index is 3.54. The summed E-state index contributed by atoms with van der Waals surface area (Å²) in [5.41, 5.74) is 3.02. The highest BCUT2D eigenvalue weighted by Crippen LogP contribution is 2.33. The van der Waals surface area contributed by atoms with E-state index in [0.717, 1.165) is 6.54 Å². The minimum Gasteiger partial charge on any atom is -0.312 e. The quantitative estimate of drug-likeness (QED) is 0.878. The highest BCUT2D eigenvalue weighted by atomic mass is 15.2. The fourth-order valence-electron chi connectivity index (χ4n) is 3.43. The lowest BCUT2D eigenvalue weighted by Gasteiger charge is -2.42. The maximum atomic E-state index is 3.54. The molecule has 2 heteroatoms. The summed E-state index contributed by atoms with van der Waals surface area (Å²) >= 11 is 0. The van der Waals surface area contributed by atoms with Crippen LogP contribution in [0.5, 0.6) is 0 Å². The van der Waals surface area contributed by atoms with Gasteiger partial charge in [-0.05, 0) is 51.4 Å². The zero-order valence-corrected chi connectivity index (χ0v) is 12.1. The van der Waals surface area contributed by atoms with Crippen LogP contribution in [0.25, 0.3) is 0 Å². The Morgan fingerprint density at radius 1 is 1.33 bits per heavy atom. The molecule has 0 amide bonds. The molecule has 0 aliphatic heterocycles. The Kier molecular flexibility index (Phi) is 4.41. The van der Waals surface area contributed by atoms with Gasteiger partial charge in [-0.25, -0.2) is 0 Å². The molecular formula is C16H26N2. The number of aryl methyl sites for hydroxylation is 1. The van der Waals surface area contributed by atoms with Crippen LogP contribution in [-0.4, -0.2) is 30.6 Å². The smallest absolute Gasteiger partial charge is 0.0478 e. The summed E-state index contributed by atoms with van der Waals surface area (Å²) in [5, 5.41) is 3.54. The largest absolute Gasteiger partial charge is 0.312 e. The molecule has 0 fully saturated rings. The van der Waals surface area contributed by atoms with Gasteiger partial charge in [0.05, 0.1) is 0 Å². The van der Waals surface area contributed by atoms with Crippen molar-refractivity contribution in [3.8, 4) is 0 Å². The van der Waals surface area contributed by atoms with Gasteiger partial charge >= 0.3 is 0 Å². The lowest BCUT2D eigenvalue weighted by atomic mass is 9.83. The van der Waals surface area contributed by atoms with E-state index in [-0.39, 0.29) is 0 Å². The minimum atomic E-state index is 0.470. The second kappa shape index (κ2) is 5.85. The molecule has 18 heavy (non-hydrogen) atoms. The minimum absolute atomic E-state index is 0.470. The van der Waals surface area contributed by atoms with Crippen molar-refractivity contribution in [3.05, 3.63) is 35.4 Å². The summed E-state index contributed by atoms with van der Waals surface area (Å²) < 4.78 is 0. The highest BCUT2D eigenvalue weighted by Gasteiger charge is 2.32. The third kappa shape index (κ3) is 2.45. The van der Waals surface area contributed by atoms with E-state index < -0.39 is 0 Å². The molecule has 0 saturated carbocycles. The Labute approximate surface area is 111 Å². The summed E-state index contributed by atoms with van der Waals surface area (Å²) in [6.45, 7) is 8.00. The summed E-state index contributed by atoms with van der Waals surface area (Å²) in [7, 11) is 2.09. The molecule has 1 N–H and O–H groups in total. The second-order valence-corrected chi connectivity index (χ2v) is 5.50. The first kappa shape index (κ1) is 13.6. The number of likely N-dealkylation sites (N-methyl/N-ethyl adjacent to an activating group) is 2. The van der Waals surface area contributed by atoms with Crippen molar-refractivity contribution in [2.75, 3.05) is 13.6 Å². The topological polar surface area (TPSA) is 15.3 Å². The molecule has 0 saturated heterocycles. The molecular weight excluding hydrogens is 220 g/mol. The van der Waals surface area contributed by atoms with Crippen molar-refractivity contribution >= 4 is 0 Å². The molecule has 0 radical (unpaired) electrons. The first-order chi connectivity index (χ1) is 8.69. The zero-order valence-electron chi connectivity index (χ0n) is 12.1. The van der Waals surface area contributed by atoms with E-state index in [9.17, 15) is 0 Å². The van der Waals surface area contributed by atoms with Crippen LogP contribution in [0.2, 0.25) is 0 Å². The van der Waals surface area contributed by atoms with Crippen LogP contribution in [0.4, 0.5) is 0 Å². The van der Waals surface area contributed by atoms with Gasteiger partial charge in [-0.15, -0.1) is 0 Å². The number of hydrogen-bond donors (Lipinski definition) is 1. The molecule has 0 bridgehead atoms. The van der Waals surface area contributed by atoms with E-state index in [4.69, 9.17) is 0 Å². The van der Waals surface area contributed by atoms with Crippen LogP contribution >= 0.6 is 0 Å². The Morgan fingerprint density at radius 2 is 2.06 bits per heavy atom. The average Bonchev–Trinajstić information content (AvgIpc) is 2.38. The highest BCUT2D eigenvalue weighted by molar-refractivity contribution is 5.34. The molecule has 1 aromatic carbocycles. The van der Waals surface area contributed by atoms with Crippen molar-refractivity contribution in [1.82, 2.24) is 10.2 Å². The van der Waals surface area contributed by atoms with E-state index in [1.54, 1.807) is 0 Å². The summed E-state index contributed by atoms with van der Waals surface area (Å²) in [6, 6.07) is 10.6. The molecule has 1 aliphatic carbocycles. The Bertz CT molecular complexity index is 386. The predicted molar refractivity (Wildman–Crippen MR) is 77.9 cm³/mol. The van der Waals surface area contributed by atoms with E-state index in [0.29, 0.717) is 18.1 Å². The zero-order chi connectivity index (χ0) is 13.1. The van der Waals surface area contributed by atoms with Gasteiger partial charge in [0.15, 0.2) is 0 Å². The number of rotatable bonds is 4. The van der Waals surface area contributed by atoms with Gasteiger partial charge in [0.25, 0.3) is 0 Å². The van der Waals surface area contributed by atoms with Crippen LogP contribution in [0.1, 0.15) is 44.4 Å². The molecule has 0 spiro atoms. The first-order valence-corrected chi connectivity index (χ1v) is 7.19. The molecule has 2 atom stereocenters. The molecule has 100 valence electrons. The van der Waals surface area contributed by atoms with Crippen molar-refractivity contribution in [2.45, 2.75) is 51.7 Å². The van der Waals surface area contributed by atoms with Crippen molar-refractivity contribution < 1.29 is 0 Å². The first-order valence-electron chi connectivity index (χ1n) is 7.19. The van der Waals surface area contributed by atoms with E-state index >= 15 is 0 Å². The fourth-order valence-corrected chi connectivity index (χ4v) is 3.43. The fraction of sp³-hybridized carbons (Fsp3) is 0.625. The molecule has 2 unspecified atom stereocenters. The van der Waals surface area contributed by atoms with E-state index in [1.165, 1.54) is 24.0 Å². The third-order valence-electron chi connectivity index (χ3n) is 4.25. The van der Waals surface area contributed by atoms with Crippen LogP contribution in [-0.2, 0) is 6.42 Å². The lowest BCUT2D eigenvalue weighted by Crippen LogP contribution is -2.49. The molecule has 2 rings (SSSR count). The molecule has 0 heterocycles. The molecule has 0 aromatic heterocycles. The van der Waals surface area contributed by atoms with Gasteiger partial charge in [0.1, 0.15) is 0 Å². The van der Waals surface area contributed by atoms with Crippen LogP contribution in [0.3, 0.4) is 0 Å². The third-order valence-corrected chi connectivity index (χ3v) is 4.25. The second-order valence-electron chi connectivity index (χ2n) is 5.50. The molecule has 1 aromatic rings. The number of hydrogen-bond acceptors (Lipinski definition) is 2. The number of nitrogens with one attached hydrogen (secondary N) is 1. The maximum Gasteiger partial charge on any atom is 0.0478 e. The lowest BCUT2D eigenvalue weighted by molar-refractivity contribution is 0.116. The van der Waals surface area contributed by atoms with Crippen molar-refractivity contribution in [3.63, 3.8) is 0 Å². The molecule has 2 nitrogen and oxygen atoms in total. The average molecular weight is 246 g/mol. The normalized spacial score (nSPS) is 23.4. The van der Waals surface area contributed by atoms with E-state index in [2.05, 4.69) is 62.3 Å². The van der Waals surface area contributed by atoms with Gasteiger partial charge in [0.2, 0.25) is 0 Å². The van der Waals surface area contributed by atoms with Gasteiger partial charge < -0.3 is 5.32 Å². The molecule has 1 aliphatic rings. The summed E-state index contributed by atoms with van der Waals surface area (Å²) in [5.74, 6) is 0. The summed E-state index contributed by atoms with van der Waals surface area (Å²) in [6.07, 6.45) is 2.47. The number of nitrogens with zero attached hydrogens (tertiary/aromatic N) is 1. The predicted octanol–water partition coefficient (Wildman–Crippen LogP) is 2.99. The van der Waals surface area contributed by atoms with Crippen molar-refractivity contribution in [2.24, 2.45) is 0 Å². The number of benzene rings is 1. The van der Waals surface area contributed by atoms with Gasteiger partial charge in [-0.3, -0.25) is 4.90 Å². The number of fused-ring (bicyclic) bond motifs is 1.